The van der Waals surface area contributed by atoms with Crippen molar-refractivity contribution in [3.63, 3.8) is 0 Å². The first kappa shape index (κ1) is 77.6. The number of alkyl halides is 1. The van der Waals surface area contributed by atoms with Gasteiger partial charge < -0.3 is 33.7 Å². The van der Waals surface area contributed by atoms with E-state index in [-0.39, 0.29) is 61.9 Å². The summed E-state index contributed by atoms with van der Waals surface area (Å²) in [5, 5.41) is 28.9. The van der Waals surface area contributed by atoms with Gasteiger partial charge in [-0.1, -0.05) is 189 Å². The van der Waals surface area contributed by atoms with Crippen LogP contribution in [-0.4, -0.2) is 60.5 Å². The average Bonchev–Trinajstić information content (AvgIpc) is 3.40. The number of benzene rings is 10. The maximum absolute atomic E-state index is 11.5. The Labute approximate surface area is 558 Å². The predicted molar refractivity (Wildman–Crippen MR) is 359 cm³/mol. The van der Waals surface area contributed by atoms with Gasteiger partial charge in [0.25, 0.3) is 0 Å². The third-order valence-electron chi connectivity index (χ3n) is 10.7. The number of aromatic carboxylic acids is 1. The van der Waals surface area contributed by atoms with E-state index >= 15 is 0 Å². The summed E-state index contributed by atoms with van der Waals surface area (Å²) in [5.41, 5.74) is 9.93. The van der Waals surface area contributed by atoms with E-state index in [1.165, 1.54) is 39.8 Å². The van der Waals surface area contributed by atoms with Crippen LogP contribution in [0.3, 0.4) is 0 Å². The van der Waals surface area contributed by atoms with Gasteiger partial charge in [-0.3, -0.25) is 0 Å². The average molecular weight is 1560 g/mol. The number of carbonyl (C=O) groups excluding carboxylic acids is 1. The SMILES string of the molecule is COC(=O)c1cccc2ccc(Br)cc12.ClCc1cccc2ccc(Br)cc12.N.NCc1cccc2ccc(Br)cc12.O.O=C(O)c1cccc2ccc(Br)cc12.O=S(Cl)Cl.O=S(Cl)Cl.OCc1cccc2ccc(Br)cc12.[AlH3].[H-].[Li+]. The minimum absolute atomic E-state index is 0. The largest absolute Gasteiger partial charge is 1.00 e. The molecule has 0 radical (unpaired) electrons. The van der Waals surface area contributed by atoms with Crippen LogP contribution in [0, 0.1) is 0 Å². The Bertz CT molecular complexity index is 3450. The second-order valence-electron chi connectivity index (χ2n) is 15.4. The zero-order valence-corrected chi connectivity index (χ0v) is 55.1. The smallest absolute Gasteiger partial charge is 1.00 e. The number of ether oxygens (including phenoxy) is 1. The molecule has 0 spiro atoms. The molecule has 0 bridgehead atoms. The molecule has 0 fully saturated rings. The zero-order chi connectivity index (χ0) is 55.9. The second-order valence-corrected chi connectivity index (χ2v) is 25.2. The van der Waals surface area contributed by atoms with E-state index in [0.717, 1.165) is 60.2 Å². The van der Waals surface area contributed by atoms with Gasteiger partial charge in [-0.15, -0.1) is 11.6 Å². The van der Waals surface area contributed by atoms with Crippen LogP contribution in [0.1, 0.15) is 38.8 Å². The number of carboxylic acids is 1. The molecule has 0 unspecified atom stereocenters. The summed E-state index contributed by atoms with van der Waals surface area (Å²) in [5.74, 6) is -0.638. The Morgan fingerprint density at radius 1 is 0.512 bits per heavy atom. The molecule has 0 atom stereocenters. The Morgan fingerprint density at radius 2 is 0.787 bits per heavy atom. The Morgan fingerprint density at radius 3 is 1.11 bits per heavy atom. The number of methoxy groups -OCH3 is 1. The van der Waals surface area contributed by atoms with Crippen molar-refractivity contribution < 1.29 is 58.7 Å². The molecule has 10 aromatic rings. The molecule has 0 aliphatic heterocycles. The van der Waals surface area contributed by atoms with Crippen molar-refractivity contribution in [3.05, 3.63) is 232 Å². The summed E-state index contributed by atoms with van der Waals surface area (Å²) in [4.78, 5) is 22.4. The van der Waals surface area contributed by atoms with Gasteiger partial charge in [-0.05, 0) is 143 Å². The molecule has 10 rings (SSSR count). The Hall–Kier alpha value is -2.44. The topological polar surface area (TPSA) is 210 Å². The molecule has 0 heterocycles. The predicted octanol–water partition coefficient (Wildman–Crippen LogP) is 14.5. The standard InChI is InChI=1S/C12H9BrO2.C11H8BrCl.C11H10BrN.C11H7BrO2.C11H9BrO.Al.2Cl2OS.Li.H3N.H2O.4H/c1-15-12(14)10-4-2-3-8-5-6-9(13)7-11(8)10;2*12-10-5-4-8-2-1-3-9(7-13)11(8)6-10;12-8-5-4-7-2-1-3-9(11(13)14)10(7)6-8;12-10-5-4-8-2-1-3-9(7-13)11(8)6-10;;2*1-4(2)3;;;;;;;/h2-7H,1H3;1-6H,7H2;1-6H,7,13H2;1-6H,(H,13,14);1-6,13H,7H2;;;;;1H3;1H2;;;;/q;;;;;;;;+1;;;;;;-1. The first-order chi connectivity index (χ1) is 36.3. The van der Waals surface area contributed by atoms with Crippen LogP contribution in [-0.2, 0) is 42.2 Å². The third kappa shape index (κ3) is 25.4. The zero-order valence-electron chi connectivity index (χ0n) is 42.8. The van der Waals surface area contributed by atoms with Crippen molar-refractivity contribution in [1.82, 2.24) is 6.15 Å². The van der Waals surface area contributed by atoms with Gasteiger partial charge in [0.2, 0.25) is 18.5 Å². The fourth-order valence-electron chi connectivity index (χ4n) is 7.33. The van der Waals surface area contributed by atoms with Crippen LogP contribution >= 0.6 is 134 Å². The number of halogens is 10. The van der Waals surface area contributed by atoms with Crippen LogP contribution in [0.2, 0.25) is 0 Å². The van der Waals surface area contributed by atoms with Gasteiger partial charge in [0.1, 0.15) is 0 Å². The monoisotopic (exact) mass is 1550 g/mol. The number of fused-ring (bicyclic) bond motifs is 5. The molecule has 80 heavy (non-hydrogen) atoms. The second kappa shape index (κ2) is 40.8. The summed E-state index contributed by atoms with van der Waals surface area (Å²) >= 11 is 22.9. The summed E-state index contributed by atoms with van der Waals surface area (Å²) in [6.45, 7) is 0.682. The number of nitrogens with two attached hydrogens (primary N) is 1. The van der Waals surface area contributed by atoms with Crippen LogP contribution < -0.4 is 30.7 Å². The van der Waals surface area contributed by atoms with Crippen LogP contribution in [0.4, 0.5) is 0 Å². The normalized spacial score (nSPS) is 9.79. The molecule has 0 aliphatic rings. The Kier molecular flexibility index (Phi) is 39.5. The maximum atomic E-state index is 11.5. The van der Waals surface area contributed by atoms with E-state index in [9.17, 15) is 9.59 Å². The number of hydrogen-bond donors (Lipinski definition) is 4. The number of hydrogen-bond acceptors (Lipinski definition) is 8. The minimum atomic E-state index is -1.67. The van der Waals surface area contributed by atoms with E-state index in [2.05, 4.69) is 171 Å². The number of aliphatic hydroxyl groups excluding tert-OH is 1. The molecular formula is C56H52AlBr5Cl5LiN2O8S2. The van der Waals surface area contributed by atoms with Crippen molar-refractivity contribution in [2.45, 2.75) is 19.0 Å². The fourth-order valence-corrected chi connectivity index (χ4v) is 9.36. The van der Waals surface area contributed by atoms with Crippen molar-refractivity contribution in [3.8, 4) is 0 Å². The summed E-state index contributed by atoms with van der Waals surface area (Å²) < 4.78 is 28.0. The first-order valence-electron chi connectivity index (χ1n) is 21.9. The summed E-state index contributed by atoms with van der Waals surface area (Å²) in [6, 6.07) is 59.2. The van der Waals surface area contributed by atoms with Crippen molar-refractivity contribution >= 4 is 236 Å². The molecular weight excluding hydrogens is 1500 g/mol. The van der Waals surface area contributed by atoms with E-state index in [1.54, 1.807) is 18.2 Å². The third-order valence-corrected chi connectivity index (χ3v) is 13.4. The summed E-state index contributed by atoms with van der Waals surface area (Å²) in [7, 11) is 16.1. The molecule has 0 aliphatic carbocycles. The van der Waals surface area contributed by atoms with E-state index in [1.807, 2.05) is 115 Å². The maximum Gasteiger partial charge on any atom is 1.00 e. The molecule has 9 N–H and O–H groups in total. The van der Waals surface area contributed by atoms with Crippen molar-refractivity contribution in [2.24, 2.45) is 5.73 Å². The molecule has 24 heteroatoms. The molecule has 0 amide bonds. The number of aliphatic hydroxyl groups is 1. The van der Waals surface area contributed by atoms with Crippen LogP contribution in [0.25, 0.3) is 53.9 Å². The van der Waals surface area contributed by atoms with Gasteiger partial charge >= 0.3 is 30.8 Å². The molecule has 0 saturated carbocycles. The number of carboxylic acid groups (broad SMARTS) is 1. The van der Waals surface area contributed by atoms with Gasteiger partial charge in [0.05, 0.1) is 24.8 Å². The van der Waals surface area contributed by atoms with E-state index < -0.39 is 24.4 Å². The minimum Gasteiger partial charge on any atom is -1.00 e. The van der Waals surface area contributed by atoms with Crippen LogP contribution in [0.15, 0.2) is 204 Å². The van der Waals surface area contributed by atoms with Crippen molar-refractivity contribution in [2.75, 3.05) is 7.11 Å². The van der Waals surface area contributed by atoms with Gasteiger partial charge in [-0.2, -0.15) is 0 Å². The molecule has 10 nitrogen and oxygen atoms in total. The first-order valence-corrected chi connectivity index (χ1v) is 32.0. The molecule has 10 aromatic carbocycles. The number of esters is 1. The van der Waals surface area contributed by atoms with E-state index in [0.29, 0.717) is 23.6 Å². The molecule has 0 aromatic heterocycles. The van der Waals surface area contributed by atoms with Crippen LogP contribution in [0.5, 0.6) is 0 Å². The van der Waals surface area contributed by atoms with Gasteiger partial charge in [-0.25, -0.2) is 18.0 Å². The van der Waals surface area contributed by atoms with E-state index in [4.69, 9.17) is 40.7 Å². The Balaban J connectivity index is 0. The van der Waals surface area contributed by atoms with Gasteiger partial charge in [0, 0.05) is 77.5 Å². The quantitative estimate of drug-likeness (QED) is 0.0558. The number of rotatable bonds is 5. The van der Waals surface area contributed by atoms with Gasteiger partial charge in [0.15, 0.2) is 17.4 Å². The van der Waals surface area contributed by atoms with Crippen molar-refractivity contribution in [1.29, 1.82) is 0 Å². The fraction of sp³-hybridized carbons (Fsp3) is 0.0714. The molecule has 420 valence electrons. The molecule has 0 saturated heterocycles. The summed E-state index contributed by atoms with van der Waals surface area (Å²) in [6.07, 6.45) is 0. The number of carbonyl (C=O) groups is 2.